The quantitative estimate of drug-likeness (QED) is 0.536. The van der Waals surface area contributed by atoms with E-state index in [4.69, 9.17) is 21.1 Å². The fraction of sp³-hybridized carbons (Fsp3) is 0.130. The molecule has 2 N–H and O–H groups in total. The third-order valence-electron chi connectivity index (χ3n) is 4.36. The first-order chi connectivity index (χ1) is 14.9. The highest BCUT2D eigenvalue weighted by molar-refractivity contribution is 6.30. The zero-order chi connectivity index (χ0) is 22.4. The topological polar surface area (TPSA) is 76.7 Å². The van der Waals surface area contributed by atoms with E-state index in [-0.39, 0.29) is 28.8 Å². The maximum absolute atomic E-state index is 14.0. The molecule has 8 heteroatoms. The molecule has 0 aliphatic rings. The Labute approximate surface area is 183 Å². The van der Waals surface area contributed by atoms with Gasteiger partial charge in [0, 0.05) is 10.7 Å². The maximum atomic E-state index is 14.0. The number of amides is 2. The van der Waals surface area contributed by atoms with Crippen LogP contribution in [0, 0.1) is 12.7 Å². The number of anilines is 2. The van der Waals surface area contributed by atoms with E-state index in [9.17, 15) is 14.0 Å². The number of para-hydroxylation sites is 1. The minimum absolute atomic E-state index is 0.174. The van der Waals surface area contributed by atoms with Crippen LogP contribution in [0.5, 0.6) is 11.5 Å². The summed E-state index contributed by atoms with van der Waals surface area (Å²) in [6, 6.07) is 15.8. The van der Waals surface area contributed by atoms with Gasteiger partial charge in [0.05, 0.1) is 18.4 Å². The van der Waals surface area contributed by atoms with Gasteiger partial charge in [0.15, 0.2) is 6.61 Å². The van der Waals surface area contributed by atoms with E-state index in [1.54, 1.807) is 18.2 Å². The Hall–Kier alpha value is -3.58. The van der Waals surface area contributed by atoms with E-state index >= 15 is 0 Å². The molecule has 0 heterocycles. The molecule has 0 saturated carbocycles. The van der Waals surface area contributed by atoms with E-state index in [1.807, 2.05) is 25.1 Å². The lowest BCUT2D eigenvalue weighted by molar-refractivity contribution is -0.118. The number of carbonyl (C=O) groups excluding carboxylic acids is 2. The Kier molecular flexibility index (Phi) is 7.10. The van der Waals surface area contributed by atoms with Crippen LogP contribution in [0.1, 0.15) is 15.9 Å². The molecule has 160 valence electrons. The summed E-state index contributed by atoms with van der Waals surface area (Å²) in [5.74, 6) is -0.850. The minimum Gasteiger partial charge on any atom is -0.495 e. The summed E-state index contributed by atoms with van der Waals surface area (Å²) in [4.78, 5) is 24.7. The third kappa shape index (κ3) is 5.73. The van der Waals surface area contributed by atoms with Crippen molar-refractivity contribution in [1.29, 1.82) is 0 Å². The van der Waals surface area contributed by atoms with Crippen molar-refractivity contribution in [2.45, 2.75) is 6.92 Å². The van der Waals surface area contributed by atoms with Gasteiger partial charge in [0.25, 0.3) is 11.8 Å². The van der Waals surface area contributed by atoms with Crippen molar-refractivity contribution in [2.24, 2.45) is 0 Å². The van der Waals surface area contributed by atoms with Gasteiger partial charge in [-0.15, -0.1) is 0 Å². The van der Waals surface area contributed by atoms with Gasteiger partial charge in [-0.1, -0.05) is 29.8 Å². The van der Waals surface area contributed by atoms with Gasteiger partial charge in [-0.25, -0.2) is 4.39 Å². The molecule has 0 fully saturated rings. The van der Waals surface area contributed by atoms with Crippen molar-refractivity contribution in [2.75, 3.05) is 24.4 Å². The van der Waals surface area contributed by atoms with Crippen LogP contribution in [0.3, 0.4) is 0 Å². The fourth-order valence-electron chi connectivity index (χ4n) is 2.81. The van der Waals surface area contributed by atoms with Crippen molar-refractivity contribution >= 4 is 34.8 Å². The van der Waals surface area contributed by atoms with Crippen LogP contribution in [0.15, 0.2) is 60.7 Å². The Balaban J connectivity index is 1.70. The molecule has 0 saturated heterocycles. The highest BCUT2D eigenvalue weighted by Gasteiger charge is 2.15. The number of aryl methyl sites for hydroxylation is 1. The monoisotopic (exact) mass is 442 g/mol. The largest absolute Gasteiger partial charge is 0.495 e. The van der Waals surface area contributed by atoms with E-state index in [0.29, 0.717) is 17.2 Å². The summed E-state index contributed by atoms with van der Waals surface area (Å²) in [5.41, 5.74) is 1.41. The van der Waals surface area contributed by atoms with Gasteiger partial charge in [-0.2, -0.15) is 0 Å². The summed E-state index contributed by atoms with van der Waals surface area (Å²) >= 11 is 5.73. The van der Waals surface area contributed by atoms with Gasteiger partial charge in [0.2, 0.25) is 0 Å². The van der Waals surface area contributed by atoms with E-state index in [0.717, 1.165) is 11.6 Å². The van der Waals surface area contributed by atoms with Crippen LogP contribution >= 0.6 is 11.6 Å². The molecule has 6 nitrogen and oxygen atoms in total. The first kappa shape index (κ1) is 22.1. The van der Waals surface area contributed by atoms with Gasteiger partial charge >= 0.3 is 0 Å². The van der Waals surface area contributed by atoms with Gasteiger partial charge in [-0.3, -0.25) is 9.59 Å². The Morgan fingerprint density at radius 2 is 1.77 bits per heavy atom. The lowest BCUT2D eigenvalue weighted by Gasteiger charge is -2.14. The number of ether oxygens (including phenoxy) is 2. The van der Waals surface area contributed by atoms with Crippen LogP contribution in [-0.2, 0) is 4.79 Å². The summed E-state index contributed by atoms with van der Waals surface area (Å²) in [5, 5.41) is 5.46. The summed E-state index contributed by atoms with van der Waals surface area (Å²) in [6.07, 6.45) is 0. The molecule has 3 aromatic carbocycles. The summed E-state index contributed by atoms with van der Waals surface area (Å²) in [7, 11) is 1.43. The predicted molar refractivity (Wildman–Crippen MR) is 118 cm³/mol. The molecule has 0 aliphatic carbocycles. The second kappa shape index (κ2) is 9.95. The Bertz CT molecular complexity index is 1120. The third-order valence-corrected chi connectivity index (χ3v) is 4.59. The number of halogens is 2. The second-order valence-corrected chi connectivity index (χ2v) is 7.03. The molecule has 0 spiro atoms. The number of nitrogens with one attached hydrogen (secondary N) is 2. The molecule has 0 aliphatic heterocycles. The van der Waals surface area contributed by atoms with Gasteiger partial charge in [-0.05, 0) is 55.0 Å². The number of carbonyl (C=O) groups is 2. The van der Waals surface area contributed by atoms with Crippen LogP contribution in [0.4, 0.5) is 15.8 Å². The summed E-state index contributed by atoms with van der Waals surface area (Å²) < 4.78 is 24.8. The van der Waals surface area contributed by atoms with Gasteiger partial charge < -0.3 is 20.1 Å². The average molecular weight is 443 g/mol. The number of hydrogen-bond donors (Lipinski definition) is 2. The maximum Gasteiger partial charge on any atom is 0.262 e. The van der Waals surface area contributed by atoms with Crippen molar-refractivity contribution < 1.29 is 23.5 Å². The smallest absolute Gasteiger partial charge is 0.262 e. The number of methoxy groups -OCH3 is 1. The molecule has 2 amide bonds. The van der Waals surface area contributed by atoms with Crippen molar-refractivity contribution in [1.82, 2.24) is 0 Å². The SMILES string of the molecule is COc1ccc(NC(=O)COc2ccccc2C)cc1NC(=O)c1ccc(Cl)cc1F. The zero-order valence-corrected chi connectivity index (χ0v) is 17.6. The lowest BCUT2D eigenvalue weighted by Crippen LogP contribution is -2.20. The molecular formula is C23H20ClFN2O4. The first-order valence-corrected chi connectivity index (χ1v) is 9.68. The molecule has 0 atom stereocenters. The zero-order valence-electron chi connectivity index (χ0n) is 16.9. The van der Waals surface area contributed by atoms with Gasteiger partial charge in [0.1, 0.15) is 17.3 Å². The highest BCUT2D eigenvalue weighted by atomic mass is 35.5. The minimum atomic E-state index is -0.748. The van der Waals surface area contributed by atoms with E-state index in [1.165, 1.54) is 25.3 Å². The normalized spacial score (nSPS) is 10.3. The van der Waals surface area contributed by atoms with Crippen LogP contribution in [0.25, 0.3) is 0 Å². The second-order valence-electron chi connectivity index (χ2n) is 6.60. The first-order valence-electron chi connectivity index (χ1n) is 9.30. The van der Waals surface area contributed by atoms with Crippen LogP contribution in [0.2, 0.25) is 5.02 Å². The molecule has 0 radical (unpaired) electrons. The van der Waals surface area contributed by atoms with Crippen LogP contribution < -0.4 is 20.1 Å². The Morgan fingerprint density at radius 1 is 1.00 bits per heavy atom. The van der Waals surface area contributed by atoms with Crippen LogP contribution in [-0.4, -0.2) is 25.5 Å². The van der Waals surface area contributed by atoms with Crippen molar-refractivity contribution in [3.05, 3.63) is 82.6 Å². The lowest BCUT2D eigenvalue weighted by atomic mass is 10.2. The van der Waals surface area contributed by atoms with Crippen molar-refractivity contribution in [3.8, 4) is 11.5 Å². The standard InChI is InChI=1S/C23H20ClFN2O4/c1-14-5-3-4-6-20(14)31-13-22(28)26-16-8-10-21(30-2)19(12-16)27-23(29)17-9-7-15(24)11-18(17)25/h3-12H,13H2,1-2H3,(H,26,28)(H,27,29). The fourth-order valence-corrected chi connectivity index (χ4v) is 2.96. The summed E-state index contributed by atoms with van der Waals surface area (Å²) in [6.45, 7) is 1.70. The highest BCUT2D eigenvalue weighted by Crippen LogP contribution is 2.29. The molecule has 0 bridgehead atoms. The molecular weight excluding hydrogens is 423 g/mol. The molecule has 0 unspecified atom stereocenters. The van der Waals surface area contributed by atoms with Crippen molar-refractivity contribution in [3.63, 3.8) is 0 Å². The number of rotatable bonds is 7. The molecule has 3 rings (SSSR count). The molecule has 31 heavy (non-hydrogen) atoms. The van der Waals surface area contributed by atoms with E-state index in [2.05, 4.69) is 10.6 Å². The predicted octanol–water partition coefficient (Wildman–Crippen LogP) is 5.07. The average Bonchev–Trinajstić information content (AvgIpc) is 2.73. The van der Waals surface area contributed by atoms with E-state index < -0.39 is 11.7 Å². The number of benzene rings is 3. The molecule has 3 aromatic rings. The Morgan fingerprint density at radius 3 is 2.48 bits per heavy atom. The molecule has 0 aromatic heterocycles. The number of hydrogen-bond acceptors (Lipinski definition) is 4.